The number of benzene rings is 2. The molecule has 1 aromatic heterocycles. The van der Waals surface area contributed by atoms with Crippen LogP contribution in [-0.4, -0.2) is 37.2 Å². The number of nitrogens with one attached hydrogen (secondary N) is 1. The van der Waals surface area contributed by atoms with Crippen LogP contribution in [0.3, 0.4) is 0 Å². The van der Waals surface area contributed by atoms with Gasteiger partial charge in [0, 0.05) is 41.4 Å². The summed E-state index contributed by atoms with van der Waals surface area (Å²) in [6.45, 7) is 3.01. The molecule has 1 amide bonds. The molecule has 3 aromatic rings. The minimum Gasteiger partial charge on any atom is -0.378 e. The molecule has 1 aliphatic rings. The summed E-state index contributed by atoms with van der Waals surface area (Å²) in [7, 11) is 0. The van der Waals surface area contributed by atoms with Crippen LogP contribution in [0, 0.1) is 11.6 Å². The lowest BCUT2D eigenvalue weighted by molar-refractivity contribution is 0.102. The van der Waals surface area contributed by atoms with Crippen molar-refractivity contribution in [3.05, 3.63) is 65.0 Å². The monoisotopic (exact) mass is 401 g/mol. The van der Waals surface area contributed by atoms with Crippen molar-refractivity contribution < 1.29 is 18.3 Å². The SMILES string of the molecule is O=C(Nc1cccc(-c2csc(N3CCOCC3)n2)c1)c1cc(F)cc(F)c1. The molecule has 144 valence electrons. The Morgan fingerprint density at radius 2 is 1.86 bits per heavy atom. The van der Waals surface area contributed by atoms with Crippen molar-refractivity contribution in [2.45, 2.75) is 0 Å². The first-order valence-corrected chi connectivity index (χ1v) is 9.62. The summed E-state index contributed by atoms with van der Waals surface area (Å²) in [6, 6.07) is 9.92. The number of ether oxygens (including phenoxy) is 1. The molecule has 0 saturated carbocycles. The predicted molar refractivity (Wildman–Crippen MR) is 105 cm³/mol. The number of hydrogen-bond donors (Lipinski definition) is 1. The molecule has 1 fully saturated rings. The van der Waals surface area contributed by atoms with Crippen LogP contribution >= 0.6 is 11.3 Å². The number of carbonyl (C=O) groups excluding carboxylic acids is 1. The van der Waals surface area contributed by atoms with Crippen molar-refractivity contribution in [2.24, 2.45) is 0 Å². The molecule has 0 atom stereocenters. The number of morpholine rings is 1. The molecule has 0 spiro atoms. The molecule has 0 bridgehead atoms. The lowest BCUT2D eigenvalue weighted by atomic mass is 10.1. The third-order valence-electron chi connectivity index (χ3n) is 4.31. The second-order valence-corrected chi connectivity index (χ2v) is 7.14. The van der Waals surface area contributed by atoms with E-state index in [0.29, 0.717) is 18.9 Å². The highest BCUT2D eigenvalue weighted by atomic mass is 32.1. The van der Waals surface area contributed by atoms with Gasteiger partial charge >= 0.3 is 0 Å². The van der Waals surface area contributed by atoms with E-state index in [-0.39, 0.29) is 5.56 Å². The minimum atomic E-state index is -0.794. The summed E-state index contributed by atoms with van der Waals surface area (Å²) >= 11 is 1.56. The zero-order valence-corrected chi connectivity index (χ0v) is 15.6. The summed E-state index contributed by atoms with van der Waals surface area (Å²) in [5.41, 5.74) is 2.10. The quantitative estimate of drug-likeness (QED) is 0.713. The van der Waals surface area contributed by atoms with Gasteiger partial charge in [0.25, 0.3) is 5.91 Å². The predicted octanol–water partition coefficient (Wildman–Crippen LogP) is 4.18. The molecule has 2 aromatic carbocycles. The number of amides is 1. The first-order valence-electron chi connectivity index (χ1n) is 8.74. The maximum absolute atomic E-state index is 13.3. The Hall–Kier alpha value is -2.84. The molecular weight excluding hydrogens is 384 g/mol. The average molecular weight is 401 g/mol. The van der Waals surface area contributed by atoms with Gasteiger partial charge < -0.3 is 15.0 Å². The molecule has 28 heavy (non-hydrogen) atoms. The second kappa shape index (κ2) is 8.04. The Balaban J connectivity index is 1.51. The Labute approximate surface area is 164 Å². The normalized spacial score (nSPS) is 14.1. The summed E-state index contributed by atoms with van der Waals surface area (Å²) in [5.74, 6) is -2.17. The van der Waals surface area contributed by atoms with Gasteiger partial charge in [0.1, 0.15) is 11.6 Å². The molecular formula is C20H17F2N3O2S. The lowest BCUT2D eigenvalue weighted by Crippen LogP contribution is -2.36. The van der Waals surface area contributed by atoms with Crippen LogP contribution in [-0.2, 0) is 4.74 Å². The highest BCUT2D eigenvalue weighted by molar-refractivity contribution is 7.14. The van der Waals surface area contributed by atoms with Crippen LogP contribution in [0.1, 0.15) is 10.4 Å². The topological polar surface area (TPSA) is 54.5 Å². The highest BCUT2D eigenvalue weighted by Gasteiger charge is 2.16. The number of aromatic nitrogens is 1. The average Bonchev–Trinajstić information content (AvgIpc) is 3.18. The van der Waals surface area contributed by atoms with Crippen LogP contribution in [0.4, 0.5) is 19.6 Å². The van der Waals surface area contributed by atoms with Crippen molar-refractivity contribution in [3.63, 3.8) is 0 Å². The first kappa shape index (κ1) is 18.5. The highest BCUT2D eigenvalue weighted by Crippen LogP contribution is 2.29. The summed E-state index contributed by atoms with van der Waals surface area (Å²) < 4.78 is 32.0. The maximum atomic E-state index is 13.3. The number of thiazole rings is 1. The zero-order chi connectivity index (χ0) is 19.5. The zero-order valence-electron chi connectivity index (χ0n) is 14.8. The molecule has 0 unspecified atom stereocenters. The van der Waals surface area contributed by atoms with E-state index in [2.05, 4.69) is 15.2 Å². The van der Waals surface area contributed by atoms with Crippen molar-refractivity contribution in [2.75, 3.05) is 36.5 Å². The third-order valence-corrected chi connectivity index (χ3v) is 5.22. The van der Waals surface area contributed by atoms with Gasteiger partial charge in [-0.2, -0.15) is 0 Å². The molecule has 1 saturated heterocycles. The second-order valence-electron chi connectivity index (χ2n) is 6.31. The molecule has 5 nitrogen and oxygen atoms in total. The van der Waals surface area contributed by atoms with E-state index >= 15 is 0 Å². The molecule has 8 heteroatoms. The summed E-state index contributed by atoms with van der Waals surface area (Å²) in [4.78, 5) is 19.2. The van der Waals surface area contributed by atoms with Gasteiger partial charge in [-0.3, -0.25) is 4.79 Å². The van der Waals surface area contributed by atoms with Crippen molar-refractivity contribution in [3.8, 4) is 11.3 Å². The summed E-state index contributed by atoms with van der Waals surface area (Å²) in [6.07, 6.45) is 0. The number of nitrogens with zero attached hydrogens (tertiary/aromatic N) is 2. The fourth-order valence-electron chi connectivity index (χ4n) is 2.94. The first-order chi connectivity index (χ1) is 13.6. The standard InChI is InChI=1S/C20H17F2N3O2S/c21-15-8-14(9-16(22)11-15)19(26)23-17-3-1-2-13(10-17)18-12-28-20(24-18)25-4-6-27-7-5-25/h1-3,8-12H,4-7H2,(H,23,26). The lowest BCUT2D eigenvalue weighted by Gasteiger charge is -2.26. The maximum Gasteiger partial charge on any atom is 0.255 e. The largest absolute Gasteiger partial charge is 0.378 e. The van der Waals surface area contributed by atoms with Crippen LogP contribution in [0.5, 0.6) is 0 Å². The molecule has 0 radical (unpaired) electrons. The molecule has 4 rings (SSSR count). The van der Waals surface area contributed by atoms with Crippen molar-refractivity contribution in [1.82, 2.24) is 4.98 Å². The van der Waals surface area contributed by atoms with E-state index in [9.17, 15) is 13.6 Å². The van der Waals surface area contributed by atoms with Crippen molar-refractivity contribution in [1.29, 1.82) is 0 Å². The van der Waals surface area contributed by atoms with E-state index in [1.54, 1.807) is 29.5 Å². The Bertz CT molecular complexity index is 982. The third kappa shape index (κ3) is 4.18. The van der Waals surface area contributed by atoms with Gasteiger partial charge in [-0.15, -0.1) is 11.3 Å². The number of anilines is 2. The van der Waals surface area contributed by atoms with Gasteiger partial charge in [0.05, 0.1) is 18.9 Å². The van der Waals surface area contributed by atoms with Gasteiger partial charge in [-0.25, -0.2) is 13.8 Å². The number of rotatable bonds is 4. The van der Waals surface area contributed by atoms with Crippen LogP contribution in [0.2, 0.25) is 0 Å². The van der Waals surface area contributed by atoms with Crippen LogP contribution in [0.25, 0.3) is 11.3 Å². The fourth-order valence-corrected chi connectivity index (χ4v) is 3.83. The fraction of sp³-hybridized carbons (Fsp3) is 0.200. The van der Waals surface area contributed by atoms with Gasteiger partial charge in [-0.05, 0) is 24.3 Å². The number of halogens is 2. The smallest absolute Gasteiger partial charge is 0.255 e. The van der Waals surface area contributed by atoms with Gasteiger partial charge in [0.2, 0.25) is 0 Å². The van der Waals surface area contributed by atoms with Gasteiger partial charge in [0.15, 0.2) is 5.13 Å². The number of hydrogen-bond acceptors (Lipinski definition) is 5. The van der Waals surface area contributed by atoms with E-state index in [4.69, 9.17) is 4.74 Å². The van der Waals surface area contributed by atoms with E-state index in [1.165, 1.54) is 0 Å². The Morgan fingerprint density at radius 1 is 1.11 bits per heavy atom. The molecule has 0 aliphatic carbocycles. The Morgan fingerprint density at radius 3 is 2.61 bits per heavy atom. The Kier molecular flexibility index (Phi) is 5.31. The molecule has 1 N–H and O–H groups in total. The summed E-state index contributed by atoms with van der Waals surface area (Å²) in [5, 5.41) is 5.57. The number of carbonyl (C=O) groups is 1. The van der Waals surface area contributed by atoms with Crippen LogP contribution in [0.15, 0.2) is 47.8 Å². The van der Waals surface area contributed by atoms with Gasteiger partial charge in [-0.1, -0.05) is 12.1 Å². The van der Waals surface area contributed by atoms with E-state index < -0.39 is 17.5 Å². The van der Waals surface area contributed by atoms with E-state index in [1.807, 2.05) is 11.4 Å². The van der Waals surface area contributed by atoms with E-state index in [0.717, 1.165) is 47.7 Å². The molecule has 2 heterocycles. The van der Waals surface area contributed by atoms with Crippen LogP contribution < -0.4 is 10.2 Å². The van der Waals surface area contributed by atoms with Crippen molar-refractivity contribution >= 4 is 28.1 Å². The molecule has 1 aliphatic heterocycles. The minimum absolute atomic E-state index is 0.0776.